The topological polar surface area (TPSA) is 62.3 Å². The molecular weight excluding hydrogens is 415 g/mol. The molecule has 9 heteroatoms. The molecule has 3 rings (SSSR count). The van der Waals surface area contributed by atoms with Crippen molar-refractivity contribution in [3.8, 4) is 10.6 Å². The van der Waals surface area contributed by atoms with Crippen molar-refractivity contribution in [3.63, 3.8) is 0 Å². The maximum absolute atomic E-state index is 12.7. The number of carbonyl (C=O) groups excluding carboxylic acids is 2. The van der Waals surface area contributed by atoms with Crippen LogP contribution in [0.5, 0.6) is 0 Å². The first-order valence-corrected chi connectivity index (χ1v) is 9.75. The minimum atomic E-state index is -4.39. The Kier molecular flexibility index (Phi) is 6.21. The first-order chi connectivity index (χ1) is 14.1. The Morgan fingerprint density at radius 1 is 1.07 bits per heavy atom. The molecule has 1 aromatic heterocycles. The molecular formula is C21H18F3N3O2S. The quantitative estimate of drug-likeness (QED) is 0.634. The van der Waals surface area contributed by atoms with E-state index in [1.54, 1.807) is 43.7 Å². The van der Waals surface area contributed by atoms with Crippen molar-refractivity contribution in [1.29, 1.82) is 0 Å². The fourth-order valence-electron chi connectivity index (χ4n) is 2.70. The lowest BCUT2D eigenvalue weighted by Crippen LogP contribution is -2.24. The van der Waals surface area contributed by atoms with Crippen LogP contribution in [0.3, 0.4) is 0 Å². The Morgan fingerprint density at radius 3 is 2.37 bits per heavy atom. The lowest BCUT2D eigenvalue weighted by atomic mass is 10.1. The molecule has 0 aliphatic carbocycles. The summed E-state index contributed by atoms with van der Waals surface area (Å²) in [5, 5.41) is 4.93. The summed E-state index contributed by atoms with van der Waals surface area (Å²) in [6.07, 6.45) is -4.42. The maximum atomic E-state index is 12.7. The Hall–Kier alpha value is -3.20. The molecule has 5 nitrogen and oxygen atoms in total. The van der Waals surface area contributed by atoms with Crippen LogP contribution in [-0.2, 0) is 17.4 Å². The van der Waals surface area contributed by atoms with Gasteiger partial charge in [-0.25, -0.2) is 4.98 Å². The summed E-state index contributed by atoms with van der Waals surface area (Å²) < 4.78 is 38.1. The molecule has 2 amide bonds. The molecule has 0 bridgehead atoms. The van der Waals surface area contributed by atoms with Crippen LogP contribution in [0.25, 0.3) is 10.6 Å². The van der Waals surface area contributed by atoms with Crippen molar-refractivity contribution < 1.29 is 22.8 Å². The first-order valence-electron chi connectivity index (χ1n) is 8.87. The van der Waals surface area contributed by atoms with E-state index in [1.165, 1.54) is 28.4 Å². The molecule has 0 fully saturated rings. The number of nitrogens with one attached hydrogen (secondary N) is 1. The third-order valence-electron chi connectivity index (χ3n) is 4.19. The van der Waals surface area contributed by atoms with Crippen molar-refractivity contribution >= 4 is 28.8 Å². The van der Waals surface area contributed by atoms with Crippen LogP contribution in [0.4, 0.5) is 18.9 Å². The van der Waals surface area contributed by atoms with E-state index in [0.29, 0.717) is 27.5 Å². The Morgan fingerprint density at radius 2 is 1.73 bits per heavy atom. The largest absolute Gasteiger partial charge is 0.416 e. The van der Waals surface area contributed by atoms with Crippen LogP contribution in [0.15, 0.2) is 53.9 Å². The highest BCUT2D eigenvalue weighted by Gasteiger charge is 2.30. The van der Waals surface area contributed by atoms with Crippen LogP contribution in [-0.4, -0.2) is 35.8 Å². The summed E-state index contributed by atoms with van der Waals surface area (Å²) in [5.41, 5.74) is 1.08. The third kappa shape index (κ3) is 5.04. The van der Waals surface area contributed by atoms with Gasteiger partial charge in [-0.3, -0.25) is 9.59 Å². The number of nitrogens with zero attached hydrogens (tertiary/aromatic N) is 2. The molecule has 2 aromatic carbocycles. The van der Waals surface area contributed by atoms with Gasteiger partial charge >= 0.3 is 6.18 Å². The van der Waals surface area contributed by atoms with Gasteiger partial charge in [0.1, 0.15) is 5.01 Å². The van der Waals surface area contributed by atoms with E-state index < -0.39 is 11.7 Å². The summed E-state index contributed by atoms with van der Waals surface area (Å²) in [5.74, 6) is -0.581. The molecule has 0 radical (unpaired) electrons. The van der Waals surface area contributed by atoms with E-state index >= 15 is 0 Å². The number of alkyl halides is 3. The second-order valence-corrected chi connectivity index (χ2v) is 7.55. The van der Waals surface area contributed by atoms with Crippen molar-refractivity contribution in [2.45, 2.75) is 12.6 Å². The second-order valence-electron chi connectivity index (χ2n) is 6.69. The van der Waals surface area contributed by atoms with Gasteiger partial charge in [0.15, 0.2) is 0 Å². The highest BCUT2D eigenvalue weighted by atomic mass is 32.1. The van der Waals surface area contributed by atoms with E-state index in [0.717, 1.165) is 12.1 Å². The third-order valence-corrected chi connectivity index (χ3v) is 5.13. The molecule has 3 aromatic rings. The van der Waals surface area contributed by atoms with Crippen LogP contribution in [0, 0.1) is 0 Å². The van der Waals surface area contributed by atoms with Crippen molar-refractivity contribution in [1.82, 2.24) is 9.88 Å². The standard InChI is InChI=1S/C21H18F3N3O2S/c1-27(2)20(29)16-5-3-4-6-17(16)26-18(28)11-15-12-30-19(25-15)13-7-9-14(10-8-13)21(22,23)24/h3-10,12H,11H2,1-2H3,(H,26,28). The summed E-state index contributed by atoms with van der Waals surface area (Å²) in [7, 11) is 3.25. The second kappa shape index (κ2) is 8.66. The number of hydrogen-bond donors (Lipinski definition) is 1. The molecule has 1 N–H and O–H groups in total. The number of amides is 2. The summed E-state index contributed by atoms with van der Waals surface area (Å²) in [4.78, 5) is 30.4. The fraction of sp³-hybridized carbons (Fsp3) is 0.190. The van der Waals surface area contributed by atoms with E-state index in [2.05, 4.69) is 10.3 Å². The minimum absolute atomic E-state index is 0.0262. The molecule has 0 unspecified atom stereocenters. The molecule has 0 aliphatic rings. The zero-order valence-electron chi connectivity index (χ0n) is 16.2. The van der Waals surface area contributed by atoms with Gasteiger partial charge in [0.25, 0.3) is 5.91 Å². The van der Waals surface area contributed by atoms with Gasteiger partial charge < -0.3 is 10.2 Å². The molecule has 30 heavy (non-hydrogen) atoms. The zero-order valence-corrected chi connectivity index (χ0v) is 17.0. The molecule has 0 spiro atoms. The number of hydrogen-bond acceptors (Lipinski definition) is 4. The Labute approximate surface area is 175 Å². The fourth-order valence-corrected chi connectivity index (χ4v) is 3.53. The van der Waals surface area contributed by atoms with E-state index in [1.807, 2.05) is 0 Å². The van der Waals surface area contributed by atoms with Crippen molar-refractivity contribution in [2.75, 3.05) is 19.4 Å². The molecule has 0 aliphatic heterocycles. The van der Waals surface area contributed by atoms with Gasteiger partial charge in [-0.05, 0) is 24.3 Å². The summed E-state index contributed by atoms with van der Waals surface area (Å²) >= 11 is 1.24. The van der Waals surface area contributed by atoms with E-state index in [4.69, 9.17) is 0 Å². The predicted molar refractivity (Wildman–Crippen MR) is 109 cm³/mol. The van der Waals surface area contributed by atoms with Gasteiger partial charge in [-0.1, -0.05) is 24.3 Å². The normalized spacial score (nSPS) is 11.2. The Bertz CT molecular complexity index is 1060. The summed E-state index contributed by atoms with van der Waals surface area (Å²) in [6, 6.07) is 11.4. The predicted octanol–water partition coefficient (Wildman–Crippen LogP) is 4.71. The van der Waals surface area contributed by atoms with Crippen LogP contribution < -0.4 is 5.32 Å². The number of halogens is 3. The lowest BCUT2D eigenvalue weighted by molar-refractivity contribution is -0.137. The minimum Gasteiger partial charge on any atom is -0.345 e. The van der Waals surface area contributed by atoms with Crippen LogP contribution in [0.1, 0.15) is 21.6 Å². The van der Waals surface area contributed by atoms with Crippen LogP contribution in [0.2, 0.25) is 0 Å². The van der Waals surface area contributed by atoms with Gasteiger partial charge in [0, 0.05) is 25.0 Å². The average Bonchev–Trinajstić information content (AvgIpc) is 3.15. The first kappa shape index (κ1) is 21.5. The van der Waals surface area contributed by atoms with Gasteiger partial charge in [-0.2, -0.15) is 13.2 Å². The molecule has 0 atom stereocenters. The smallest absolute Gasteiger partial charge is 0.345 e. The molecule has 0 saturated carbocycles. The van der Waals surface area contributed by atoms with E-state index in [9.17, 15) is 22.8 Å². The van der Waals surface area contributed by atoms with Crippen LogP contribution >= 0.6 is 11.3 Å². The average molecular weight is 433 g/mol. The number of anilines is 1. The molecule has 0 saturated heterocycles. The van der Waals surface area contributed by atoms with Gasteiger partial charge in [0.05, 0.1) is 28.9 Å². The number of benzene rings is 2. The summed E-state index contributed by atoms with van der Waals surface area (Å²) in [6.45, 7) is 0. The van der Waals surface area contributed by atoms with E-state index in [-0.39, 0.29) is 18.2 Å². The molecule has 156 valence electrons. The number of aromatic nitrogens is 1. The zero-order chi connectivity index (χ0) is 21.9. The molecule has 1 heterocycles. The number of thiazole rings is 1. The Balaban J connectivity index is 1.70. The van der Waals surface area contributed by atoms with Gasteiger partial charge in [0.2, 0.25) is 5.91 Å². The monoisotopic (exact) mass is 433 g/mol. The number of rotatable bonds is 5. The SMILES string of the molecule is CN(C)C(=O)c1ccccc1NC(=O)Cc1csc(-c2ccc(C(F)(F)F)cc2)n1. The number of carbonyl (C=O) groups is 2. The maximum Gasteiger partial charge on any atom is 0.416 e. The lowest BCUT2D eigenvalue weighted by Gasteiger charge is -2.14. The number of para-hydroxylation sites is 1. The highest BCUT2D eigenvalue weighted by Crippen LogP contribution is 2.31. The highest BCUT2D eigenvalue weighted by molar-refractivity contribution is 7.13. The van der Waals surface area contributed by atoms with Gasteiger partial charge in [-0.15, -0.1) is 11.3 Å². The van der Waals surface area contributed by atoms with Crippen molar-refractivity contribution in [3.05, 3.63) is 70.7 Å². The van der Waals surface area contributed by atoms with Crippen molar-refractivity contribution in [2.24, 2.45) is 0 Å².